The van der Waals surface area contributed by atoms with Crippen LogP contribution in [-0.2, 0) is 14.4 Å². The summed E-state index contributed by atoms with van der Waals surface area (Å²) in [6.07, 6.45) is 1.30. The minimum atomic E-state index is -0.661. The standard InChI is InChI=1S/C21H37N5O3/c1-13(17(22)27)12-23-18(28)15-10-9-11-26(15)19(29)16(20(3,4)5)24-14(2)25-21(6,7)8/h15-16,24-25H,1-2,9-12H2,3-8H3,(H2,22,27)(H,23,28). The lowest BCUT2D eigenvalue weighted by atomic mass is 9.85. The van der Waals surface area contributed by atoms with E-state index in [9.17, 15) is 14.4 Å². The van der Waals surface area contributed by atoms with E-state index < -0.39 is 23.4 Å². The number of likely N-dealkylation sites (tertiary alicyclic amines) is 1. The molecule has 1 rings (SSSR count). The summed E-state index contributed by atoms with van der Waals surface area (Å²) in [5.74, 6) is -0.562. The van der Waals surface area contributed by atoms with Crippen LogP contribution in [0.2, 0.25) is 0 Å². The molecule has 0 saturated carbocycles. The topological polar surface area (TPSA) is 117 Å². The third-order valence-corrected chi connectivity index (χ3v) is 4.62. The van der Waals surface area contributed by atoms with Crippen molar-refractivity contribution in [2.45, 2.75) is 72.0 Å². The second-order valence-corrected chi connectivity index (χ2v) is 9.67. The molecule has 0 aliphatic carbocycles. The van der Waals surface area contributed by atoms with Crippen molar-refractivity contribution < 1.29 is 14.4 Å². The highest BCUT2D eigenvalue weighted by Crippen LogP contribution is 2.26. The number of carbonyl (C=O) groups excluding carboxylic acids is 3. The van der Waals surface area contributed by atoms with Gasteiger partial charge < -0.3 is 26.6 Å². The maximum Gasteiger partial charge on any atom is 0.246 e. The van der Waals surface area contributed by atoms with Crippen molar-refractivity contribution in [1.82, 2.24) is 20.9 Å². The number of primary amides is 1. The van der Waals surface area contributed by atoms with Crippen molar-refractivity contribution in [1.29, 1.82) is 0 Å². The van der Waals surface area contributed by atoms with E-state index in [2.05, 4.69) is 29.1 Å². The van der Waals surface area contributed by atoms with Crippen molar-refractivity contribution in [2.24, 2.45) is 11.1 Å². The molecule has 0 aromatic heterocycles. The van der Waals surface area contributed by atoms with Gasteiger partial charge in [-0.15, -0.1) is 0 Å². The van der Waals surface area contributed by atoms with Crippen molar-refractivity contribution in [3.63, 3.8) is 0 Å². The molecular formula is C21H37N5O3. The molecule has 1 aliphatic heterocycles. The van der Waals surface area contributed by atoms with Gasteiger partial charge in [0.15, 0.2) is 0 Å². The molecule has 0 aromatic rings. The zero-order chi connectivity index (χ0) is 22.6. The maximum atomic E-state index is 13.4. The Kier molecular flexibility index (Phi) is 7.89. The average molecular weight is 408 g/mol. The number of nitrogens with zero attached hydrogens (tertiary/aromatic N) is 1. The Hall–Kier alpha value is -2.51. The first-order valence-corrected chi connectivity index (χ1v) is 9.93. The van der Waals surface area contributed by atoms with E-state index >= 15 is 0 Å². The Morgan fingerprint density at radius 1 is 1.14 bits per heavy atom. The van der Waals surface area contributed by atoms with Crippen molar-refractivity contribution in [3.05, 3.63) is 24.6 Å². The van der Waals surface area contributed by atoms with E-state index in [0.717, 1.165) is 6.42 Å². The summed E-state index contributed by atoms with van der Waals surface area (Å²) in [4.78, 5) is 38.7. The predicted molar refractivity (Wildman–Crippen MR) is 114 cm³/mol. The van der Waals surface area contributed by atoms with Crippen LogP contribution >= 0.6 is 0 Å². The first-order valence-electron chi connectivity index (χ1n) is 9.93. The smallest absolute Gasteiger partial charge is 0.246 e. The Morgan fingerprint density at radius 2 is 1.72 bits per heavy atom. The SMILES string of the molecule is C=C(NC(C(=O)N1CCCC1C(=O)NCC(=C)C(N)=O)C(C)(C)C)NC(C)(C)C. The van der Waals surface area contributed by atoms with Crippen LogP contribution in [0.25, 0.3) is 0 Å². The molecule has 1 saturated heterocycles. The minimum absolute atomic E-state index is 0.0278. The quantitative estimate of drug-likeness (QED) is 0.448. The maximum absolute atomic E-state index is 13.4. The number of hydrogen-bond acceptors (Lipinski definition) is 5. The Bertz CT molecular complexity index is 673. The van der Waals surface area contributed by atoms with Gasteiger partial charge in [0.25, 0.3) is 0 Å². The highest BCUT2D eigenvalue weighted by Gasteiger charge is 2.41. The van der Waals surface area contributed by atoms with Gasteiger partial charge in [0.05, 0.1) is 5.82 Å². The second kappa shape index (κ2) is 9.33. The largest absolute Gasteiger partial charge is 0.368 e. The van der Waals surface area contributed by atoms with Crippen LogP contribution in [0.4, 0.5) is 0 Å². The molecule has 164 valence electrons. The lowest BCUT2D eigenvalue weighted by molar-refractivity contribution is -0.141. The summed E-state index contributed by atoms with van der Waals surface area (Å²) in [6, 6.07) is -1.14. The fourth-order valence-corrected chi connectivity index (χ4v) is 3.18. The van der Waals surface area contributed by atoms with Crippen molar-refractivity contribution in [3.8, 4) is 0 Å². The molecule has 2 atom stereocenters. The summed E-state index contributed by atoms with van der Waals surface area (Å²) in [7, 11) is 0. The van der Waals surface area contributed by atoms with Crippen molar-refractivity contribution >= 4 is 17.7 Å². The van der Waals surface area contributed by atoms with E-state index in [1.165, 1.54) is 0 Å². The second-order valence-electron chi connectivity index (χ2n) is 9.67. The third kappa shape index (κ3) is 7.44. The fourth-order valence-electron chi connectivity index (χ4n) is 3.18. The molecule has 3 amide bonds. The molecule has 8 nitrogen and oxygen atoms in total. The molecular weight excluding hydrogens is 370 g/mol. The van der Waals surface area contributed by atoms with Crippen LogP contribution in [0.1, 0.15) is 54.4 Å². The zero-order valence-corrected chi connectivity index (χ0v) is 18.6. The van der Waals surface area contributed by atoms with Crippen molar-refractivity contribution in [2.75, 3.05) is 13.1 Å². The van der Waals surface area contributed by atoms with Gasteiger partial charge in [-0.1, -0.05) is 33.9 Å². The molecule has 0 spiro atoms. The summed E-state index contributed by atoms with van der Waals surface area (Å²) < 4.78 is 0. The van der Waals surface area contributed by atoms with Gasteiger partial charge in [-0.3, -0.25) is 14.4 Å². The Balaban J connectivity index is 2.91. The lowest BCUT2D eigenvalue weighted by Gasteiger charge is -2.37. The van der Waals surface area contributed by atoms with E-state index in [1.807, 2.05) is 41.5 Å². The van der Waals surface area contributed by atoms with Gasteiger partial charge in [-0.05, 0) is 39.0 Å². The minimum Gasteiger partial charge on any atom is -0.368 e. The van der Waals surface area contributed by atoms with Crippen LogP contribution in [-0.4, -0.2) is 53.3 Å². The number of carbonyl (C=O) groups is 3. The molecule has 1 fully saturated rings. The molecule has 29 heavy (non-hydrogen) atoms. The molecule has 1 heterocycles. The molecule has 8 heteroatoms. The Morgan fingerprint density at radius 3 is 2.21 bits per heavy atom. The van der Waals surface area contributed by atoms with Gasteiger partial charge >= 0.3 is 0 Å². The molecule has 0 bridgehead atoms. The number of rotatable bonds is 8. The van der Waals surface area contributed by atoms with Crippen LogP contribution in [0, 0.1) is 5.41 Å². The molecule has 0 radical (unpaired) electrons. The normalized spacial score (nSPS) is 18.0. The van der Waals surface area contributed by atoms with Crippen LogP contribution in [0.5, 0.6) is 0 Å². The number of nitrogens with two attached hydrogens (primary N) is 1. The first kappa shape index (κ1) is 24.5. The van der Waals surface area contributed by atoms with Gasteiger partial charge in [0, 0.05) is 24.2 Å². The lowest BCUT2D eigenvalue weighted by Crippen LogP contribution is -2.57. The summed E-state index contributed by atoms with van der Waals surface area (Å²) in [5.41, 5.74) is 4.67. The average Bonchev–Trinajstić information content (AvgIpc) is 3.03. The van der Waals surface area contributed by atoms with E-state index in [4.69, 9.17) is 5.73 Å². The van der Waals surface area contributed by atoms with Gasteiger partial charge in [-0.25, -0.2) is 0 Å². The van der Waals surface area contributed by atoms with E-state index in [-0.39, 0.29) is 29.5 Å². The third-order valence-electron chi connectivity index (χ3n) is 4.62. The van der Waals surface area contributed by atoms with Crippen LogP contribution in [0.3, 0.4) is 0 Å². The number of amides is 3. The zero-order valence-electron chi connectivity index (χ0n) is 18.6. The van der Waals surface area contributed by atoms with E-state index in [0.29, 0.717) is 18.8 Å². The fraction of sp³-hybridized carbons (Fsp3) is 0.667. The number of nitrogens with one attached hydrogen (secondary N) is 3. The van der Waals surface area contributed by atoms with Crippen LogP contribution < -0.4 is 21.7 Å². The van der Waals surface area contributed by atoms with Gasteiger partial charge in [-0.2, -0.15) is 0 Å². The first-order chi connectivity index (χ1) is 13.1. The van der Waals surface area contributed by atoms with E-state index in [1.54, 1.807) is 4.90 Å². The molecule has 1 aliphatic rings. The number of hydrogen-bond donors (Lipinski definition) is 4. The Labute approximate surface area is 174 Å². The highest BCUT2D eigenvalue weighted by atomic mass is 16.2. The highest BCUT2D eigenvalue weighted by molar-refractivity contribution is 5.94. The monoisotopic (exact) mass is 407 g/mol. The van der Waals surface area contributed by atoms with Gasteiger partial charge in [0.2, 0.25) is 17.7 Å². The molecule has 5 N–H and O–H groups in total. The molecule has 2 unspecified atom stereocenters. The predicted octanol–water partition coefficient (Wildman–Crippen LogP) is 0.999. The molecule has 0 aromatic carbocycles. The summed E-state index contributed by atoms with van der Waals surface area (Å²) in [5, 5.41) is 9.10. The van der Waals surface area contributed by atoms with Crippen LogP contribution in [0.15, 0.2) is 24.6 Å². The summed E-state index contributed by atoms with van der Waals surface area (Å²) in [6.45, 7) is 19.9. The van der Waals surface area contributed by atoms with Gasteiger partial charge in [0.1, 0.15) is 12.1 Å². The summed E-state index contributed by atoms with van der Waals surface area (Å²) >= 11 is 0.